The Bertz CT molecular complexity index is 562. The van der Waals surface area contributed by atoms with Gasteiger partial charge in [-0.1, -0.05) is 11.6 Å². The van der Waals surface area contributed by atoms with Gasteiger partial charge in [-0.25, -0.2) is 0 Å². The van der Waals surface area contributed by atoms with Crippen LogP contribution in [-0.2, 0) is 14.4 Å². The van der Waals surface area contributed by atoms with Gasteiger partial charge in [-0.3, -0.25) is 19.7 Å². The van der Waals surface area contributed by atoms with Gasteiger partial charge in [-0.15, -0.1) is 11.8 Å². The zero-order valence-electron chi connectivity index (χ0n) is 11.9. The van der Waals surface area contributed by atoms with E-state index in [-0.39, 0.29) is 18.2 Å². The fourth-order valence-corrected chi connectivity index (χ4v) is 3.03. The maximum absolute atomic E-state index is 11.8. The topological polar surface area (TPSA) is 75.3 Å². The zero-order chi connectivity index (χ0) is 15.9. The second-order valence-corrected chi connectivity index (χ2v) is 6.58. The number of halogens is 1. The number of amides is 3. The van der Waals surface area contributed by atoms with E-state index in [0.717, 1.165) is 10.6 Å². The number of carbonyl (C=O) groups excluding carboxylic acids is 3. The maximum atomic E-state index is 11.8. The predicted octanol–water partition coefficient (Wildman–Crippen LogP) is 2.13. The SMILES string of the molecule is O=C1CCC(NC(=O)CCCSc2ccc(Cl)cc2)C(=O)N1. The molecule has 3 amide bonds. The average molecular weight is 341 g/mol. The number of hydrogen-bond donors (Lipinski definition) is 2. The molecule has 1 aliphatic heterocycles. The second kappa shape index (κ2) is 8.19. The van der Waals surface area contributed by atoms with E-state index in [1.165, 1.54) is 0 Å². The van der Waals surface area contributed by atoms with Crippen LogP contribution >= 0.6 is 23.4 Å². The summed E-state index contributed by atoms with van der Waals surface area (Å²) >= 11 is 7.47. The van der Waals surface area contributed by atoms with E-state index in [1.807, 2.05) is 24.3 Å². The molecule has 7 heteroatoms. The number of carbonyl (C=O) groups is 3. The molecular weight excluding hydrogens is 324 g/mol. The van der Waals surface area contributed by atoms with Crippen LogP contribution in [0.25, 0.3) is 0 Å². The first-order valence-electron chi connectivity index (χ1n) is 7.06. The van der Waals surface area contributed by atoms with Crippen molar-refractivity contribution in [3.05, 3.63) is 29.3 Å². The van der Waals surface area contributed by atoms with Gasteiger partial charge >= 0.3 is 0 Å². The quantitative estimate of drug-likeness (QED) is 0.472. The van der Waals surface area contributed by atoms with Crippen LogP contribution in [0, 0.1) is 0 Å². The van der Waals surface area contributed by atoms with Crippen molar-refractivity contribution in [1.29, 1.82) is 0 Å². The monoisotopic (exact) mass is 340 g/mol. The highest BCUT2D eigenvalue weighted by molar-refractivity contribution is 7.99. The molecular formula is C15H17ClN2O3S. The summed E-state index contributed by atoms with van der Waals surface area (Å²) in [6.07, 6.45) is 1.71. The van der Waals surface area contributed by atoms with E-state index < -0.39 is 11.9 Å². The van der Waals surface area contributed by atoms with E-state index in [0.29, 0.717) is 24.3 Å². The molecule has 2 rings (SSSR count). The number of piperidine rings is 1. The summed E-state index contributed by atoms with van der Waals surface area (Å²) in [6, 6.07) is 6.96. The standard InChI is InChI=1S/C15H17ClN2O3S/c16-10-3-5-11(6-4-10)22-9-1-2-13(19)17-12-7-8-14(20)18-15(12)21/h3-6,12H,1-2,7-9H2,(H,17,19)(H,18,20,21). The van der Waals surface area contributed by atoms with Gasteiger partial charge in [0.1, 0.15) is 6.04 Å². The Balaban J connectivity index is 1.64. The molecule has 1 unspecified atom stereocenters. The molecule has 0 radical (unpaired) electrons. The summed E-state index contributed by atoms with van der Waals surface area (Å²) in [5.41, 5.74) is 0. The molecule has 1 atom stereocenters. The molecule has 0 bridgehead atoms. The molecule has 0 spiro atoms. The highest BCUT2D eigenvalue weighted by atomic mass is 35.5. The predicted molar refractivity (Wildman–Crippen MR) is 85.7 cm³/mol. The Labute approximate surface area is 138 Å². The van der Waals surface area contributed by atoms with Crippen LogP contribution in [0.4, 0.5) is 0 Å². The van der Waals surface area contributed by atoms with Gasteiger partial charge in [0.2, 0.25) is 17.7 Å². The summed E-state index contributed by atoms with van der Waals surface area (Å²) in [7, 11) is 0. The number of rotatable bonds is 6. The molecule has 118 valence electrons. The van der Waals surface area contributed by atoms with E-state index >= 15 is 0 Å². The number of benzene rings is 1. The van der Waals surface area contributed by atoms with E-state index in [9.17, 15) is 14.4 Å². The first kappa shape index (κ1) is 16.8. The molecule has 0 saturated carbocycles. The third-order valence-corrected chi connectivity index (χ3v) is 4.56. The first-order chi connectivity index (χ1) is 10.5. The van der Waals surface area contributed by atoms with Gasteiger partial charge in [-0.05, 0) is 42.9 Å². The summed E-state index contributed by atoms with van der Waals surface area (Å²) in [5, 5.41) is 5.59. The lowest BCUT2D eigenvalue weighted by molar-refractivity contribution is -0.137. The number of thioether (sulfide) groups is 1. The Morgan fingerprint density at radius 1 is 1.32 bits per heavy atom. The smallest absolute Gasteiger partial charge is 0.249 e. The molecule has 1 aliphatic rings. The van der Waals surface area contributed by atoms with E-state index in [1.54, 1.807) is 11.8 Å². The molecule has 1 saturated heterocycles. The van der Waals surface area contributed by atoms with Crippen molar-refractivity contribution in [2.75, 3.05) is 5.75 Å². The van der Waals surface area contributed by atoms with Crippen LogP contribution in [0.5, 0.6) is 0 Å². The highest BCUT2D eigenvalue weighted by Gasteiger charge is 2.27. The Morgan fingerprint density at radius 2 is 2.05 bits per heavy atom. The average Bonchev–Trinajstić information content (AvgIpc) is 2.48. The Morgan fingerprint density at radius 3 is 2.73 bits per heavy atom. The number of imide groups is 1. The first-order valence-corrected chi connectivity index (χ1v) is 8.42. The molecule has 2 N–H and O–H groups in total. The molecule has 0 aliphatic carbocycles. The third-order valence-electron chi connectivity index (χ3n) is 3.20. The normalized spacial score (nSPS) is 18.0. The molecule has 1 heterocycles. The zero-order valence-corrected chi connectivity index (χ0v) is 13.5. The minimum atomic E-state index is -0.589. The lowest BCUT2D eigenvalue weighted by atomic mass is 10.1. The molecule has 1 aromatic rings. The van der Waals surface area contributed by atoms with Crippen LogP contribution in [0.15, 0.2) is 29.2 Å². The van der Waals surface area contributed by atoms with Gasteiger partial charge < -0.3 is 5.32 Å². The summed E-state index contributed by atoms with van der Waals surface area (Å²) in [5.74, 6) is -0.0501. The van der Waals surface area contributed by atoms with Crippen molar-refractivity contribution in [2.45, 2.75) is 36.6 Å². The maximum Gasteiger partial charge on any atom is 0.249 e. The highest BCUT2D eigenvalue weighted by Crippen LogP contribution is 2.21. The minimum Gasteiger partial charge on any atom is -0.344 e. The van der Waals surface area contributed by atoms with Crippen LogP contribution < -0.4 is 10.6 Å². The summed E-state index contributed by atoms with van der Waals surface area (Å²) in [6.45, 7) is 0. The van der Waals surface area contributed by atoms with Gasteiger partial charge in [-0.2, -0.15) is 0 Å². The summed E-state index contributed by atoms with van der Waals surface area (Å²) in [4.78, 5) is 35.4. The molecule has 0 aromatic heterocycles. The third kappa shape index (κ3) is 5.35. The van der Waals surface area contributed by atoms with E-state index in [2.05, 4.69) is 10.6 Å². The van der Waals surface area contributed by atoms with Crippen molar-refractivity contribution < 1.29 is 14.4 Å². The van der Waals surface area contributed by atoms with Crippen molar-refractivity contribution in [3.8, 4) is 0 Å². The lowest BCUT2D eigenvalue weighted by Crippen LogP contribution is -2.52. The lowest BCUT2D eigenvalue weighted by Gasteiger charge is -2.21. The molecule has 1 fully saturated rings. The van der Waals surface area contributed by atoms with Crippen LogP contribution in [0.3, 0.4) is 0 Å². The van der Waals surface area contributed by atoms with Gasteiger partial charge in [0, 0.05) is 22.8 Å². The fraction of sp³-hybridized carbons (Fsp3) is 0.400. The molecule has 5 nitrogen and oxygen atoms in total. The summed E-state index contributed by atoms with van der Waals surface area (Å²) < 4.78 is 0. The van der Waals surface area contributed by atoms with Crippen LogP contribution in [0.2, 0.25) is 5.02 Å². The Kier molecular flexibility index (Phi) is 6.27. The van der Waals surface area contributed by atoms with Crippen molar-refractivity contribution in [3.63, 3.8) is 0 Å². The van der Waals surface area contributed by atoms with E-state index in [4.69, 9.17) is 11.6 Å². The van der Waals surface area contributed by atoms with Crippen molar-refractivity contribution >= 4 is 41.1 Å². The number of hydrogen-bond acceptors (Lipinski definition) is 4. The van der Waals surface area contributed by atoms with Gasteiger partial charge in [0.25, 0.3) is 0 Å². The van der Waals surface area contributed by atoms with Gasteiger partial charge in [0.05, 0.1) is 0 Å². The van der Waals surface area contributed by atoms with Crippen molar-refractivity contribution in [2.24, 2.45) is 0 Å². The van der Waals surface area contributed by atoms with Crippen molar-refractivity contribution in [1.82, 2.24) is 10.6 Å². The minimum absolute atomic E-state index is 0.161. The largest absolute Gasteiger partial charge is 0.344 e. The fourth-order valence-electron chi connectivity index (χ4n) is 2.05. The van der Waals surface area contributed by atoms with Gasteiger partial charge in [0.15, 0.2) is 0 Å². The second-order valence-electron chi connectivity index (χ2n) is 4.98. The molecule has 22 heavy (non-hydrogen) atoms. The van der Waals surface area contributed by atoms with Crippen LogP contribution in [0.1, 0.15) is 25.7 Å². The number of nitrogens with one attached hydrogen (secondary N) is 2. The Hall–Kier alpha value is -1.53. The van der Waals surface area contributed by atoms with Crippen LogP contribution in [-0.4, -0.2) is 29.5 Å². The molecule has 1 aromatic carbocycles.